The van der Waals surface area contributed by atoms with Gasteiger partial charge in [0.05, 0.1) is 5.69 Å². The number of nitrogens with zero attached hydrogens (tertiary/aromatic N) is 5. The van der Waals surface area contributed by atoms with Gasteiger partial charge in [-0.15, -0.1) is 24.0 Å². The molecule has 1 saturated heterocycles. The average Bonchev–Trinajstić information content (AvgIpc) is 3.43. The van der Waals surface area contributed by atoms with Gasteiger partial charge in [-0.25, -0.2) is 4.68 Å². The fourth-order valence-corrected chi connectivity index (χ4v) is 3.77. The van der Waals surface area contributed by atoms with Gasteiger partial charge in [0.2, 0.25) is 0 Å². The third-order valence-electron chi connectivity index (χ3n) is 5.17. The Kier molecular flexibility index (Phi) is 6.89. The number of halogens is 1. The Bertz CT molecular complexity index is 778. The largest absolute Gasteiger partial charge is 0.352 e. The van der Waals surface area contributed by atoms with E-state index in [1.807, 2.05) is 24.0 Å². The van der Waals surface area contributed by atoms with Crippen molar-refractivity contribution >= 4 is 29.9 Å². The van der Waals surface area contributed by atoms with Crippen molar-refractivity contribution in [2.24, 2.45) is 4.99 Å². The maximum absolute atomic E-state index is 4.50. The second-order valence-electron chi connectivity index (χ2n) is 6.84. The summed E-state index contributed by atoms with van der Waals surface area (Å²) in [6.45, 7) is 5.05. The maximum Gasteiger partial charge on any atom is 0.193 e. The normalized spacial score (nSPS) is 20.1. The Labute approximate surface area is 178 Å². The van der Waals surface area contributed by atoms with Gasteiger partial charge < -0.3 is 10.2 Å². The molecule has 1 N–H and O–H groups in total. The van der Waals surface area contributed by atoms with E-state index in [1.165, 1.54) is 12.0 Å². The van der Waals surface area contributed by atoms with Crippen LogP contribution < -0.4 is 5.32 Å². The van der Waals surface area contributed by atoms with Gasteiger partial charge in [0.1, 0.15) is 0 Å². The molecule has 0 radical (unpaired) electrons. The van der Waals surface area contributed by atoms with Crippen LogP contribution in [0.15, 0.2) is 59.9 Å². The van der Waals surface area contributed by atoms with Crippen LogP contribution in [-0.4, -0.2) is 64.8 Å². The first-order valence-corrected chi connectivity index (χ1v) is 9.27. The summed E-state index contributed by atoms with van der Waals surface area (Å²) in [5, 5.41) is 7.83. The highest BCUT2D eigenvalue weighted by atomic mass is 127. The molecular formula is C20H27IN6. The number of likely N-dealkylation sites (tertiary alicyclic amines) is 1. The molecule has 0 amide bonds. The summed E-state index contributed by atoms with van der Waals surface area (Å²) in [5.41, 5.74) is 2.30. The predicted octanol–water partition coefficient (Wildman–Crippen LogP) is 2.51. The molecule has 1 aromatic carbocycles. The first kappa shape index (κ1) is 19.9. The molecular weight excluding hydrogens is 451 g/mol. The molecule has 1 atom stereocenters. The zero-order valence-corrected chi connectivity index (χ0v) is 18.0. The molecule has 6 nitrogen and oxygen atoms in total. The van der Waals surface area contributed by atoms with Crippen LogP contribution in [0.5, 0.6) is 0 Å². The quantitative estimate of drug-likeness (QED) is 0.318. The van der Waals surface area contributed by atoms with Crippen LogP contribution in [0.4, 0.5) is 0 Å². The zero-order chi connectivity index (χ0) is 17.8. The van der Waals surface area contributed by atoms with E-state index < -0.39 is 0 Å². The van der Waals surface area contributed by atoms with E-state index >= 15 is 0 Å². The van der Waals surface area contributed by atoms with Gasteiger partial charge in [-0.05, 0) is 30.2 Å². The van der Waals surface area contributed by atoms with Crippen molar-refractivity contribution in [2.45, 2.75) is 19.0 Å². The molecule has 1 fully saturated rings. The monoisotopic (exact) mass is 478 g/mol. The Hall–Kier alpha value is -1.87. The molecule has 4 rings (SSSR count). The molecule has 0 saturated carbocycles. The summed E-state index contributed by atoms with van der Waals surface area (Å²) < 4.78 is 1.88. The first-order valence-electron chi connectivity index (χ1n) is 9.27. The minimum absolute atomic E-state index is 0. The number of nitrogens with one attached hydrogen (secondary N) is 1. The van der Waals surface area contributed by atoms with E-state index in [0.29, 0.717) is 6.04 Å². The first-order chi connectivity index (χ1) is 12.8. The lowest BCUT2D eigenvalue weighted by molar-refractivity contribution is 0.259. The summed E-state index contributed by atoms with van der Waals surface area (Å²) in [6.07, 6.45) is 9.50. The zero-order valence-electron chi connectivity index (χ0n) is 15.7. The average molecular weight is 478 g/mol. The highest BCUT2D eigenvalue weighted by Crippen LogP contribution is 2.18. The number of aliphatic imine (C=N–C) groups is 1. The molecule has 0 spiro atoms. The van der Waals surface area contributed by atoms with Gasteiger partial charge in [-0.2, -0.15) is 5.10 Å². The van der Waals surface area contributed by atoms with Gasteiger partial charge in [0, 0.05) is 58.2 Å². The van der Waals surface area contributed by atoms with E-state index in [-0.39, 0.29) is 24.0 Å². The van der Waals surface area contributed by atoms with Crippen molar-refractivity contribution in [3.8, 4) is 5.69 Å². The summed E-state index contributed by atoms with van der Waals surface area (Å²) in [5.74, 6) is 0.990. The maximum atomic E-state index is 4.50. The van der Waals surface area contributed by atoms with E-state index in [1.54, 1.807) is 6.20 Å². The molecule has 0 aliphatic carbocycles. The van der Waals surface area contributed by atoms with Crippen molar-refractivity contribution in [1.82, 2.24) is 24.9 Å². The van der Waals surface area contributed by atoms with E-state index in [2.05, 4.69) is 61.6 Å². The molecule has 0 bridgehead atoms. The van der Waals surface area contributed by atoms with Crippen LogP contribution in [0, 0.1) is 0 Å². The fourth-order valence-electron chi connectivity index (χ4n) is 3.77. The van der Waals surface area contributed by atoms with E-state index in [0.717, 1.165) is 44.4 Å². The molecule has 3 heterocycles. The van der Waals surface area contributed by atoms with Crippen LogP contribution in [0.2, 0.25) is 0 Å². The number of guanidine groups is 1. The second kappa shape index (κ2) is 9.36. The third kappa shape index (κ3) is 4.70. The van der Waals surface area contributed by atoms with Gasteiger partial charge in [0.15, 0.2) is 5.96 Å². The van der Waals surface area contributed by atoms with Crippen LogP contribution in [-0.2, 0) is 6.54 Å². The molecule has 27 heavy (non-hydrogen) atoms. The van der Waals surface area contributed by atoms with Crippen molar-refractivity contribution in [1.29, 1.82) is 0 Å². The Morgan fingerprint density at radius 1 is 1.26 bits per heavy atom. The van der Waals surface area contributed by atoms with E-state index in [4.69, 9.17) is 0 Å². The van der Waals surface area contributed by atoms with Crippen LogP contribution in [0.1, 0.15) is 12.0 Å². The highest BCUT2D eigenvalue weighted by Gasteiger charge is 2.29. The van der Waals surface area contributed by atoms with Gasteiger partial charge >= 0.3 is 0 Å². The highest BCUT2D eigenvalue weighted by molar-refractivity contribution is 14.0. The van der Waals surface area contributed by atoms with Crippen LogP contribution >= 0.6 is 24.0 Å². The van der Waals surface area contributed by atoms with Crippen molar-refractivity contribution < 1.29 is 0 Å². The summed E-state index contributed by atoms with van der Waals surface area (Å²) >= 11 is 0. The predicted molar refractivity (Wildman–Crippen MR) is 120 cm³/mol. The number of aromatic nitrogens is 2. The van der Waals surface area contributed by atoms with E-state index in [9.17, 15) is 0 Å². The Morgan fingerprint density at radius 2 is 2.11 bits per heavy atom. The van der Waals surface area contributed by atoms with Crippen LogP contribution in [0.3, 0.4) is 0 Å². The summed E-state index contributed by atoms with van der Waals surface area (Å²) in [6, 6.07) is 11.0. The summed E-state index contributed by atoms with van der Waals surface area (Å²) in [4.78, 5) is 9.42. The van der Waals surface area contributed by atoms with Gasteiger partial charge in [0.25, 0.3) is 0 Å². The van der Waals surface area contributed by atoms with Crippen molar-refractivity contribution in [2.75, 3.05) is 33.2 Å². The minimum atomic E-state index is 0. The molecule has 1 unspecified atom stereocenters. The van der Waals surface area contributed by atoms with Gasteiger partial charge in [-0.1, -0.05) is 24.3 Å². The SMILES string of the molecule is CN=C(NCc1cccc(-n2cccn2)c1)N1CCC(N2CC=CC2)C1.I. The molecule has 2 aliphatic rings. The number of benzene rings is 1. The van der Waals surface area contributed by atoms with Crippen molar-refractivity contribution in [3.05, 3.63) is 60.4 Å². The Morgan fingerprint density at radius 3 is 2.85 bits per heavy atom. The molecule has 2 aliphatic heterocycles. The summed E-state index contributed by atoms with van der Waals surface area (Å²) in [7, 11) is 1.87. The third-order valence-corrected chi connectivity index (χ3v) is 5.17. The lowest BCUT2D eigenvalue weighted by atomic mass is 10.2. The van der Waals surface area contributed by atoms with Crippen molar-refractivity contribution in [3.63, 3.8) is 0 Å². The number of hydrogen-bond donors (Lipinski definition) is 1. The Balaban J connectivity index is 0.00000210. The molecule has 2 aromatic rings. The van der Waals surface area contributed by atoms with Crippen LogP contribution in [0.25, 0.3) is 5.69 Å². The smallest absolute Gasteiger partial charge is 0.193 e. The fraction of sp³-hybridized carbons (Fsp3) is 0.400. The number of hydrogen-bond acceptors (Lipinski definition) is 3. The molecule has 7 heteroatoms. The standard InChI is InChI=1S/C20H26N6.HI/c1-21-20(25-13-8-19(16-25)24-10-2-3-11-24)22-15-17-6-4-7-18(14-17)26-12-5-9-23-26;/h2-7,9,12,14,19H,8,10-11,13,15-16H2,1H3,(H,21,22);1H. The molecule has 1 aromatic heterocycles. The van der Waals surface area contributed by atoms with Gasteiger partial charge in [-0.3, -0.25) is 9.89 Å². The number of rotatable bonds is 4. The second-order valence-corrected chi connectivity index (χ2v) is 6.84. The minimum Gasteiger partial charge on any atom is -0.352 e. The molecule has 144 valence electrons. The topological polar surface area (TPSA) is 48.7 Å². The lowest BCUT2D eigenvalue weighted by Crippen LogP contribution is -2.42. The lowest BCUT2D eigenvalue weighted by Gasteiger charge is -2.25.